The van der Waals surface area contributed by atoms with Gasteiger partial charge in [0.2, 0.25) is 5.91 Å². The third-order valence-corrected chi connectivity index (χ3v) is 3.05. The summed E-state index contributed by atoms with van der Waals surface area (Å²) < 4.78 is 0. The second-order valence-corrected chi connectivity index (χ2v) is 4.40. The van der Waals surface area contributed by atoms with E-state index in [0.29, 0.717) is 6.42 Å². The van der Waals surface area contributed by atoms with E-state index in [1.54, 1.807) is 0 Å². The van der Waals surface area contributed by atoms with Crippen molar-refractivity contribution in [1.82, 2.24) is 20.6 Å². The lowest BCUT2D eigenvalue weighted by Crippen LogP contribution is -2.03. The Hall–Kier alpha value is -2.24. The van der Waals surface area contributed by atoms with Gasteiger partial charge in [0.25, 0.3) is 0 Å². The van der Waals surface area contributed by atoms with Gasteiger partial charge in [0.15, 0.2) is 5.82 Å². The SMILES string of the molecule is O=C1Cc2cc(CCCc3nn[nH]n3)ccc2N1. The number of aromatic nitrogens is 4. The molecule has 0 fully saturated rings. The van der Waals surface area contributed by atoms with E-state index >= 15 is 0 Å². The molecule has 0 saturated heterocycles. The number of nitrogens with zero attached hydrogens (tertiary/aromatic N) is 3. The number of rotatable bonds is 4. The van der Waals surface area contributed by atoms with E-state index in [2.05, 4.69) is 38.1 Å². The van der Waals surface area contributed by atoms with Gasteiger partial charge in [-0.25, -0.2) is 0 Å². The molecule has 2 aromatic rings. The third-order valence-electron chi connectivity index (χ3n) is 3.05. The van der Waals surface area contributed by atoms with Crippen LogP contribution in [0.3, 0.4) is 0 Å². The number of benzene rings is 1. The van der Waals surface area contributed by atoms with Gasteiger partial charge < -0.3 is 5.32 Å². The van der Waals surface area contributed by atoms with Crippen LogP contribution in [0, 0.1) is 0 Å². The molecular formula is C12H13N5O. The first-order valence-electron chi connectivity index (χ1n) is 5.95. The first kappa shape index (κ1) is 10.9. The number of hydrogen-bond donors (Lipinski definition) is 2. The lowest BCUT2D eigenvalue weighted by molar-refractivity contribution is -0.115. The van der Waals surface area contributed by atoms with Crippen molar-refractivity contribution in [2.45, 2.75) is 25.7 Å². The average molecular weight is 243 g/mol. The number of carbonyl (C=O) groups excluding carboxylic acids is 1. The summed E-state index contributed by atoms with van der Waals surface area (Å²) in [5, 5.41) is 16.6. The Morgan fingerprint density at radius 2 is 2.22 bits per heavy atom. The monoisotopic (exact) mass is 243 g/mol. The van der Waals surface area contributed by atoms with Crippen molar-refractivity contribution in [2.75, 3.05) is 5.32 Å². The molecule has 6 nitrogen and oxygen atoms in total. The van der Waals surface area contributed by atoms with E-state index in [-0.39, 0.29) is 5.91 Å². The highest BCUT2D eigenvalue weighted by Crippen LogP contribution is 2.24. The van der Waals surface area contributed by atoms with E-state index in [1.807, 2.05) is 6.07 Å². The van der Waals surface area contributed by atoms with Crippen LogP contribution < -0.4 is 5.32 Å². The molecule has 3 rings (SSSR count). The molecule has 1 aromatic heterocycles. The van der Waals surface area contributed by atoms with Crippen LogP contribution in [0.4, 0.5) is 5.69 Å². The molecule has 6 heteroatoms. The van der Waals surface area contributed by atoms with Gasteiger partial charge in [-0.1, -0.05) is 17.3 Å². The molecule has 18 heavy (non-hydrogen) atoms. The largest absolute Gasteiger partial charge is 0.326 e. The predicted molar refractivity (Wildman–Crippen MR) is 65.0 cm³/mol. The minimum atomic E-state index is 0.0777. The van der Waals surface area contributed by atoms with Crippen molar-refractivity contribution >= 4 is 11.6 Å². The van der Waals surface area contributed by atoms with Gasteiger partial charge in [-0.2, -0.15) is 5.21 Å². The summed E-state index contributed by atoms with van der Waals surface area (Å²) in [5.41, 5.74) is 3.28. The Bertz CT molecular complexity index is 564. The van der Waals surface area contributed by atoms with E-state index in [1.165, 1.54) is 5.56 Å². The minimum Gasteiger partial charge on any atom is -0.326 e. The fraction of sp³-hybridized carbons (Fsp3) is 0.333. The van der Waals surface area contributed by atoms with Crippen LogP contribution in [0.5, 0.6) is 0 Å². The standard InChI is InChI=1S/C12H13N5O/c18-12-7-9-6-8(4-5-10(9)13-12)2-1-3-11-14-16-17-15-11/h4-6H,1-3,7H2,(H,13,18)(H,14,15,16,17). The summed E-state index contributed by atoms with van der Waals surface area (Å²) in [6.45, 7) is 0. The quantitative estimate of drug-likeness (QED) is 0.834. The number of aryl methyl sites for hydroxylation is 2. The van der Waals surface area contributed by atoms with Crippen LogP contribution in [-0.4, -0.2) is 26.5 Å². The number of nitrogens with one attached hydrogen (secondary N) is 2. The number of carbonyl (C=O) groups is 1. The molecule has 0 unspecified atom stereocenters. The number of hydrogen-bond acceptors (Lipinski definition) is 4. The highest BCUT2D eigenvalue weighted by Gasteiger charge is 2.17. The van der Waals surface area contributed by atoms with Gasteiger partial charge in [-0.15, -0.1) is 10.2 Å². The van der Waals surface area contributed by atoms with Gasteiger partial charge in [0.05, 0.1) is 6.42 Å². The summed E-state index contributed by atoms with van der Waals surface area (Å²) in [7, 11) is 0. The highest BCUT2D eigenvalue weighted by atomic mass is 16.1. The smallest absolute Gasteiger partial charge is 0.228 e. The average Bonchev–Trinajstić information content (AvgIpc) is 2.96. The molecular weight excluding hydrogens is 230 g/mol. The second-order valence-electron chi connectivity index (χ2n) is 4.40. The van der Waals surface area contributed by atoms with Crippen LogP contribution in [-0.2, 0) is 24.1 Å². The molecule has 2 heterocycles. The number of amides is 1. The van der Waals surface area contributed by atoms with Gasteiger partial charge in [0.1, 0.15) is 0 Å². The van der Waals surface area contributed by atoms with Gasteiger partial charge in [-0.05, 0) is 30.0 Å². The van der Waals surface area contributed by atoms with Crippen LogP contribution >= 0.6 is 0 Å². The summed E-state index contributed by atoms with van der Waals surface area (Å²) in [5.74, 6) is 0.821. The molecule has 0 spiro atoms. The molecule has 1 amide bonds. The first-order valence-corrected chi connectivity index (χ1v) is 5.95. The Labute approximate surface area is 104 Å². The zero-order chi connectivity index (χ0) is 12.4. The Morgan fingerprint density at radius 3 is 3.06 bits per heavy atom. The first-order chi connectivity index (χ1) is 8.81. The van der Waals surface area contributed by atoms with Gasteiger partial charge >= 0.3 is 0 Å². The van der Waals surface area contributed by atoms with Gasteiger partial charge in [0, 0.05) is 12.1 Å². The molecule has 1 aliphatic heterocycles. The van der Waals surface area contributed by atoms with Crippen LogP contribution in [0.15, 0.2) is 18.2 Å². The highest BCUT2D eigenvalue weighted by molar-refractivity contribution is 5.99. The number of H-pyrrole nitrogens is 1. The van der Waals surface area contributed by atoms with Crippen molar-refractivity contribution in [2.24, 2.45) is 0 Å². The Kier molecular flexibility index (Phi) is 2.76. The molecule has 0 aliphatic carbocycles. The predicted octanol–water partition coefficient (Wildman–Crippen LogP) is 0.870. The second kappa shape index (κ2) is 4.56. The fourth-order valence-electron chi connectivity index (χ4n) is 2.18. The van der Waals surface area contributed by atoms with Crippen molar-refractivity contribution in [3.8, 4) is 0 Å². The third kappa shape index (κ3) is 2.22. The Morgan fingerprint density at radius 1 is 1.28 bits per heavy atom. The van der Waals surface area contributed by atoms with Gasteiger partial charge in [-0.3, -0.25) is 4.79 Å². The maximum atomic E-state index is 11.2. The maximum Gasteiger partial charge on any atom is 0.228 e. The molecule has 0 radical (unpaired) electrons. The summed E-state index contributed by atoms with van der Waals surface area (Å²) >= 11 is 0. The zero-order valence-corrected chi connectivity index (χ0v) is 9.81. The molecule has 2 N–H and O–H groups in total. The molecule has 92 valence electrons. The van der Waals surface area contributed by atoms with Crippen molar-refractivity contribution in [3.63, 3.8) is 0 Å². The summed E-state index contributed by atoms with van der Waals surface area (Å²) in [4.78, 5) is 11.2. The van der Waals surface area contributed by atoms with E-state index < -0.39 is 0 Å². The number of fused-ring (bicyclic) bond motifs is 1. The molecule has 0 atom stereocenters. The molecule has 0 bridgehead atoms. The number of tetrazole rings is 1. The topological polar surface area (TPSA) is 83.6 Å². The molecule has 1 aliphatic rings. The fourth-order valence-corrected chi connectivity index (χ4v) is 2.18. The van der Waals surface area contributed by atoms with Crippen LogP contribution in [0.1, 0.15) is 23.4 Å². The minimum absolute atomic E-state index is 0.0777. The number of aromatic amines is 1. The number of anilines is 1. The normalized spacial score (nSPS) is 13.4. The van der Waals surface area contributed by atoms with Crippen molar-refractivity contribution in [1.29, 1.82) is 0 Å². The van der Waals surface area contributed by atoms with E-state index in [4.69, 9.17) is 0 Å². The lowest BCUT2D eigenvalue weighted by atomic mass is 10.0. The van der Waals surface area contributed by atoms with E-state index in [0.717, 1.165) is 36.3 Å². The van der Waals surface area contributed by atoms with Crippen molar-refractivity contribution < 1.29 is 4.79 Å². The van der Waals surface area contributed by atoms with Crippen LogP contribution in [0.2, 0.25) is 0 Å². The van der Waals surface area contributed by atoms with Crippen LogP contribution in [0.25, 0.3) is 0 Å². The van der Waals surface area contributed by atoms with E-state index in [9.17, 15) is 4.79 Å². The molecule has 1 aromatic carbocycles. The maximum absolute atomic E-state index is 11.2. The lowest BCUT2D eigenvalue weighted by Gasteiger charge is -2.03. The zero-order valence-electron chi connectivity index (χ0n) is 9.81. The summed E-state index contributed by atoms with van der Waals surface area (Å²) in [6, 6.07) is 6.13. The summed E-state index contributed by atoms with van der Waals surface area (Å²) in [6.07, 6.45) is 3.23. The van der Waals surface area contributed by atoms with Crippen molar-refractivity contribution in [3.05, 3.63) is 35.2 Å². The molecule has 0 saturated carbocycles. The Balaban J connectivity index is 1.60.